The molecule has 0 unspecified atom stereocenters. The smallest absolute Gasteiger partial charge is 0.363 e. The van der Waals surface area contributed by atoms with Gasteiger partial charge in [-0.2, -0.15) is 0 Å². The number of halogens is 2. The van der Waals surface area contributed by atoms with Gasteiger partial charge in [-0.05, 0) is 85.3 Å². The fourth-order valence-electron chi connectivity index (χ4n) is 2.60. The highest BCUT2D eigenvalue weighted by Crippen LogP contribution is 2.36. The van der Waals surface area contributed by atoms with E-state index in [-0.39, 0.29) is 17.7 Å². The Balaban J connectivity index is 1.97. The molecular weight excluding hydrogens is 476 g/mol. The summed E-state index contributed by atoms with van der Waals surface area (Å²) in [5.74, 6) is 0.323. The number of cyclic esters (lactones) is 1. The molecule has 0 bridgehead atoms. The number of hydrogen-bond donors (Lipinski definition) is 0. The van der Waals surface area contributed by atoms with E-state index < -0.39 is 11.8 Å². The van der Waals surface area contributed by atoms with Crippen LogP contribution in [0.4, 0.5) is 4.39 Å². The minimum Gasteiger partial charge on any atom is -0.490 e. The normalized spacial score (nSPS) is 15.0. The van der Waals surface area contributed by atoms with Gasteiger partial charge in [-0.3, -0.25) is 0 Å². The molecule has 0 atom stereocenters. The van der Waals surface area contributed by atoms with Gasteiger partial charge in [-0.1, -0.05) is 6.07 Å². The monoisotopic (exact) mass is 495 g/mol. The number of rotatable bonds is 6. The summed E-state index contributed by atoms with van der Waals surface area (Å²) in [6.07, 6.45) is 1.61. The first-order valence-corrected chi connectivity index (χ1v) is 9.86. The predicted octanol–water partition coefficient (Wildman–Crippen LogP) is 4.96. The zero-order valence-electron chi connectivity index (χ0n) is 15.7. The lowest BCUT2D eigenvalue weighted by atomic mass is 10.1. The third-order valence-electron chi connectivity index (χ3n) is 3.68. The third-order valence-corrected chi connectivity index (χ3v) is 4.48. The van der Waals surface area contributed by atoms with Gasteiger partial charge in [-0.15, -0.1) is 0 Å². The molecule has 1 aliphatic rings. The molecule has 0 N–H and O–H groups in total. The lowest BCUT2D eigenvalue weighted by molar-refractivity contribution is -0.129. The Hall–Kier alpha value is -2.42. The molecule has 0 aromatic heterocycles. The maximum atomic E-state index is 13.4. The molecular formula is C21H19FINO4. The quantitative estimate of drug-likeness (QED) is 0.323. The molecule has 28 heavy (non-hydrogen) atoms. The van der Waals surface area contributed by atoms with Gasteiger partial charge in [0, 0.05) is 5.56 Å². The van der Waals surface area contributed by atoms with E-state index in [1.54, 1.807) is 18.2 Å². The van der Waals surface area contributed by atoms with Gasteiger partial charge in [0.2, 0.25) is 5.90 Å². The molecule has 1 heterocycles. The summed E-state index contributed by atoms with van der Waals surface area (Å²) in [6.45, 7) is 6.26. The number of carbonyl (C=O) groups excluding carboxylic acids is 1. The first kappa shape index (κ1) is 20.3. The van der Waals surface area contributed by atoms with Crippen molar-refractivity contribution in [1.82, 2.24) is 0 Å². The fraction of sp³-hybridized carbons (Fsp3) is 0.238. The van der Waals surface area contributed by atoms with Crippen molar-refractivity contribution >= 4 is 40.5 Å². The summed E-state index contributed by atoms with van der Waals surface area (Å²) < 4.78 is 31.0. The van der Waals surface area contributed by atoms with E-state index in [1.807, 2.05) is 26.8 Å². The van der Waals surface area contributed by atoms with Crippen LogP contribution in [0.15, 0.2) is 47.1 Å². The number of carbonyl (C=O) groups is 1. The molecule has 0 aliphatic carbocycles. The average Bonchev–Trinajstić information content (AvgIpc) is 2.99. The first-order chi connectivity index (χ1) is 13.4. The van der Waals surface area contributed by atoms with Gasteiger partial charge in [-0.25, -0.2) is 14.2 Å². The molecule has 5 nitrogen and oxygen atoms in total. The van der Waals surface area contributed by atoms with Crippen LogP contribution in [-0.4, -0.2) is 24.6 Å². The number of hydrogen-bond acceptors (Lipinski definition) is 5. The van der Waals surface area contributed by atoms with Crippen LogP contribution in [0, 0.1) is 9.39 Å². The second-order valence-electron chi connectivity index (χ2n) is 6.28. The van der Waals surface area contributed by atoms with Crippen LogP contribution >= 0.6 is 22.6 Å². The highest BCUT2D eigenvalue weighted by Gasteiger charge is 2.25. The van der Waals surface area contributed by atoms with E-state index in [4.69, 9.17) is 14.2 Å². The molecule has 0 radical (unpaired) electrons. The van der Waals surface area contributed by atoms with E-state index in [0.717, 1.165) is 9.13 Å². The molecule has 0 saturated heterocycles. The maximum Gasteiger partial charge on any atom is 0.363 e. The SMILES string of the molecule is CCOc1cc(C=C2N=C(c3cccc(F)c3)OC2=O)cc(I)c1OC(C)C. The second-order valence-corrected chi connectivity index (χ2v) is 7.44. The molecule has 146 valence electrons. The molecule has 0 spiro atoms. The summed E-state index contributed by atoms with van der Waals surface area (Å²) in [4.78, 5) is 16.4. The minimum atomic E-state index is -0.588. The van der Waals surface area contributed by atoms with Gasteiger partial charge in [0.25, 0.3) is 0 Å². The van der Waals surface area contributed by atoms with Crippen molar-refractivity contribution in [2.75, 3.05) is 6.61 Å². The Morgan fingerprint density at radius 1 is 1.29 bits per heavy atom. The van der Waals surface area contributed by atoms with Crippen molar-refractivity contribution in [3.05, 3.63) is 62.6 Å². The van der Waals surface area contributed by atoms with Gasteiger partial charge in [0.1, 0.15) is 5.82 Å². The predicted molar refractivity (Wildman–Crippen MR) is 113 cm³/mol. The summed E-state index contributed by atoms with van der Waals surface area (Å²) >= 11 is 2.17. The third kappa shape index (κ3) is 4.70. The van der Waals surface area contributed by atoms with Crippen molar-refractivity contribution < 1.29 is 23.4 Å². The van der Waals surface area contributed by atoms with E-state index in [9.17, 15) is 9.18 Å². The Kier molecular flexibility index (Phi) is 6.33. The summed E-state index contributed by atoms with van der Waals surface area (Å²) in [7, 11) is 0. The number of esters is 1. The maximum absolute atomic E-state index is 13.4. The molecule has 2 aromatic rings. The lowest BCUT2D eigenvalue weighted by Gasteiger charge is -2.16. The summed E-state index contributed by atoms with van der Waals surface area (Å²) in [5, 5.41) is 0. The number of benzene rings is 2. The Labute approximate surface area is 176 Å². The van der Waals surface area contributed by atoms with Crippen LogP contribution < -0.4 is 9.47 Å². The van der Waals surface area contributed by atoms with E-state index in [1.165, 1.54) is 18.2 Å². The molecule has 2 aromatic carbocycles. The van der Waals surface area contributed by atoms with Crippen LogP contribution in [0.2, 0.25) is 0 Å². The molecule has 0 fully saturated rings. The lowest BCUT2D eigenvalue weighted by Crippen LogP contribution is -2.09. The van der Waals surface area contributed by atoms with Gasteiger partial charge < -0.3 is 14.2 Å². The molecule has 0 saturated carbocycles. The van der Waals surface area contributed by atoms with Crippen molar-refractivity contribution in [2.24, 2.45) is 4.99 Å². The van der Waals surface area contributed by atoms with Crippen LogP contribution in [0.3, 0.4) is 0 Å². The summed E-state index contributed by atoms with van der Waals surface area (Å²) in [5.41, 5.74) is 1.26. The number of ether oxygens (including phenoxy) is 3. The highest BCUT2D eigenvalue weighted by molar-refractivity contribution is 14.1. The summed E-state index contributed by atoms with van der Waals surface area (Å²) in [6, 6.07) is 9.41. The Morgan fingerprint density at radius 2 is 2.07 bits per heavy atom. The minimum absolute atomic E-state index is 0.000151. The Bertz CT molecular complexity index is 969. The van der Waals surface area contributed by atoms with Crippen molar-refractivity contribution in [3.63, 3.8) is 0 Å². The number of aliphatic imine (C=N–C) groups is 1. The molecule has 3 rings (SSSR count). The number of nitrogens with zero attached hydrogens (tertiary/aromatic N) is 1. The van der Waals surface area contributed by atoms with Crippen molar-refractivity contribution in [1.29, 1.82) is 0 Å². The van der Waals surface area contributed by atoms with E-state index in [2.05, 4.69) is 27.6 Å². The average molecular weight is 495 g/mol. The van der Waals surface area contributed by atoms with Gasteiger partial charge in [0.15, 0.2) is 17.2 Å². The molecule has 0 amide bonds. The Morgan fingerprint density at radius 3 is 2.75 bits per heavy atom. The fourth-order valence-corrected chi connectivity index (χ4v) is 3.35. The largest absolute Gasteiger partial charge is 0.490 e. The topological polar surface area (TPSA) is 57.1 Å². The van der Waals surface area contributed by atoms with Gasteiger partial charge in [0.05, 0.1) is 16.3 Å². The van der Waals surface area contributed by atoms with Crippen LogP contribution in [0.1, 0.15) is 31.9 Å². The van der Waals surface area contributed by atoms with Crippen molar-refractivity contribution in [3.8, 4) is 11.5 Å². The van der Waals surface area contributed by atoms with Crippen LogP contribution in [0.5, 0.6) is 11.5 Å². The van der Waals surface area contributed by atoms with Crippen LogP contribution in [0.25, 0.3) is 6.08 Å². The first-order valence-electron chi connectivity index (χ1n) is 8.79. The van der Waals surface area contributed by atoms with E-state index >= 15 is 0 Å². The van der Waals surface area contributed by atoms with Crippen molar-refractivity contribution in [2.45, 2.75) is 26.9 Å². The highest BCUT2D eigenvalue weighted by atomic mass is 127. The van der Waals surface area contributed by atoms with Crippen LogP contribution in [-0.2, 0) is 9.53 Å². The zero-order chi connectivity index (χ0) is 20.3. The van der Waals surface area contributed by atoms with Gasteiger partial charge >= 0.3 is 5.97 Å². The zero-order valence-corrected chi connectivity index (χ0v) is 17.8. The molecule has 7 heteroatoms. The second kappa shape index (κ2) is 8.72. The standard InChI is InChI=1S/C21H19FINO4/c1-4-26-18-10-13(8-16(23)19(18)27-12(2)3)9-17-21(25)28-20(24-17)14-6-5-7-15(22)11-14/h5-12H,4H2,1-3H3. The van der Waals surface area contributed by atoms with E-state index in [0.29, 0.717) is 23.7 Å². The molecule has 1 aliphatic heterocycles.